The highest BCUT2D eigenvalue weighted by atomic mass is 35.5. The van der Waals surface area contributed by atoms with Gasteiger partial charge in [-0.15, -0.1) is 0 Å². The highest BCUT2D eigenvalue weighted by molar-refractivity contribution is 6.35. The Hall–Kier alpha value is -1.20. The van der Waals surface area contributed by atoms with Crippen LogP contribution in [0.3, 0.4) is 0 Å². The number of fused-ring (bicyclic) bond motifs is 1. The zero-order valence-electron chi connectivity index (χ0n) is 10.7. The minimum absolute atomic E-state index is 0.483. The van der Waals surface area contributed by atoms with Gasteiger partial charge in [-0.05, 0) is 43.8 Å². The first-order valence-electron chi connectivity index (χ1n) is 6.18. The zero-order valence-corrected chi connectivity index (χ0v) is 11.4. The number of aliphatic hydroxyl groups excluding tert-OH is 2. The Kier molecular flexibility index (Phi) is 4.71. The first-order valence-corrected chi connectivity index (χ1v) is 6.56. The number of hydrogen-bond donors (Lipinski definition) is 3. The van der Waals surface area contributed by atoms with E-state index in [-0.39, 0.29) is 0 Å². The number of nitrogens with zero attached hydrogens (tertiary/aromatic N) is 1. The average molecular weight is 281 g/mol. The molecule has 0 saturated heterocycles. The maximum absolute atomic E-state index is 10.1. The first kappa shape index (κ1) is 14.2. The number of hydrogen-bond acceptors (Lipinski definition) is 4. The highest BCUT2D eigenvalue weighted by Crippen LogP contribution is 2.26. The normalized spacial score (nSPS) is 14.5. The molecule has 1 aromatic heterocycles. The van der Waals surface area contributed by atoms with Crippen molar-refractivity contribution >= 4 is 22.5 Å². The van der Waals surface area contributed by atoms with Gasteiger partial charge in [0.15, 0.2) is 0 Å². The van der Waals surface area contributed by atoms with E-state index in [4.69, 9.17) is 11.6 Å². The third-order valence-corrected chi connectivity index (χ3v) is 3.44. The molecule has 102 valence electrons. The fourth-order valence-corrected chi connectivity index (χ4v) is 2.19. The molecular formula is C14H17ClN2O2. The SMILES string of the molecule is CNCCC(O)C(O)c1ccc2nccc(Cl)c2c1. The Bertz CT molecular complexity index is 562. The molecule has 0 amide bonds. The van der Waals surface area contributed by atoms with Gasteiger partial charge in [0.1, 0.15) is 6.10 Å². The Morgan fingerprint density at radius 1 is 1.32 bits per heavy atom. The van der Waals surface area contributed by atoms with E-state index in [0.717, 1.165) is 10.9 Å². The molecule has 0 aliphatic rings. The monoisotopic (exact) mass is 280 g/mol. The van der Waals surface area contributed by atoms with Crippen molar-refractivity contribution in [3.8, 4) is 0 Å². The van der Waals surface area contributed by atoms with E-state index in [9.17, 15) is 10.2 Å². The van der Waals surface area contributed by atoms with E-state index in [1.54, 1.807) is 37.5 Å². The number of aromatic nitrogens is 1. The Morgan fingerprint density at radius 3 is 2.84 bits per heavy atom. The van der Waals surface area contributed by atoms with Crippen LogP contribution in [0.5, 0.6) is 0 Å². The topological polar surface area (TPSA) is 65.4 Å². The standard InChI is InChI=1S/C14H17ClN2O2/c1-16-6-5-13(18)14(19)9-2-3-12-10(8-9)11(15)4-7-17-12/h2-4,7-8,13-14,16,18-19H,5-6H2,1H3. The number of nitrogens with one attached hydrogen (secondary N) is 1. The minimum Gasteiger partial charge on any atom is -0.390 e. The maximum Gasteiger partial charge on any atom is 0.105 e. The largest absolute Gasteiger partial charge is 0.390 e. The first-order chi connectivity index (χ1) is 9.13. The van der Waals surface area contributed by atoms with Crippen LogP contribution in [0.4, 0.5) is 0 Å². The van der Waals surface area contributed by atoms with E-state index >= 15 is 0 Å². The van der Waals surface area contributed by atoms with E-state index in [2.05, 4.69) is 10.3 Å². The summed E-state index contributed by atoms with van der Waals surface area (Å²) in [5, 5.41) is 24.3. The molecule has 1 aromatic carbocycles. The molecule has 19 heavy (non-hydrogen) atoms. The van der Waals surface area contributed by atoms with Crippen molar-refractivity contribution in [2.75, 3.05) is 13.6 Å². The number of aliphatic hydroxyl groups is 2. The summed E-state index contributed by atoms with van der Waals surface area (Å²) in [6, 6.07) is 7.04. The van der Waals surface area contributed by atoms with Crippen LogP contribution in [0, 0.1) is 0 Å². The number of benzene rings is 1. The van der Waals surface area contributed by atoms with Crippen LogP contribution in [0.2, 0.25) is 5.02 Å². The molecule has 0 radical (unpaired) electrons. The van der Waals surface area contributed by atoms with Crippen molar-refractivity contribution in [2.24, 2.45) is 0 Å². The van der Waals surface area contributed by atoms with Gasteiger partial charge in [0.25, 0.3) is 0 Å². The number of pyridine rings is 1. The second-order valence-electron chi connectivity index (χ2n) is 4.47. The van der Waals surface area contributed by atoms with Gasteiger partial charge in [-0.25, -0.2) is 0 Å². The van der Waals surface area contributed by atoms with E-state index in [1.807, 2.05) is 0 Å². The zero-order chi connectivity index (χ0) is 13.8. The summed E-state index contributed by atoms with van der Waals surface area (Å²) in [6.45, 7) is 0.647. The second-order valence-corrected chi connectivity index (χ2v) is 4.88. The molecule has 2 atom stereocenters. The lowest BCUT2D eigenvalue weighted by atomic mass is 10.0. The number of halogens is 1. The van der Waals surface area contributed by atoms with Gasteiger partial charge < -0.3 is 15.5 Å². The van der Waals surface area contributed by atoms with Gasteiger partial charge >= 0.3 is 0 Å². The summed E-state index contributed by atoms with van der Waals surface area (Å²) in [5.74, 6) is 0. The molecule has 2 rings (SSSR count). The fraction of sp³-hybridized carbons (Fsp3) is 0.357. The van der Waals surface area contributed by atoms with Crippen molar-refractivity contribution in [3.63, 3.8) is 0 Å². The molecule has 0 spiro atoms. The smallest absolute Gasteiger partial charge is 0.105 e. The van der Waals surface area contributed by atoms with Crippen LogP contribution in [0.1, 0.15) is 18.1 Å². The third kappa shape index (κ3) is 3.22. The van der Waals surface area contributed by atoms with Crippen LogP contribution in [0.25, 0.3) is 10.9 Å². The van der Waals surface area contributed by atoms with Crippen LogP contribution in [0.15, 0.2) is 30.5 Å². The predicted octanol–water partition coefficient (Wildman–Crippen LogP) is 1.89. The Labute approximate surface area is 117 Å². The van der Waals surface area contributed by atoms with Crippen molar-refractivity contribution in [2.45, 2.75) is 18.6 Å². The summed E-state index contributed by atoms with van der Waals surface area (Å²) >= 11 is 6.10. The second kappa shape index (κ2) is 6.30. The summed E-state index contributed by atoms with van der Waals surface area (Å²) in [7, 11) is 1.81. The molecule has 0 fully saturated rings. The predicted molar refractivity (Wildman–Crippen MR) is 76.3 cm³/mol. The highest BCUT2D eigenvalue weighted by Gasteiger charge is 2.18. The molecule has 2 unspecified atom stereocenters. The maximum atomic E-state index is 10.1. The lowest BCUT2D eigenvalue weighted by Gasteiger charge is -2.18. The lowest BCUT2D eigenvalue weighted by Crippen LogP contribution is -2.23. The van der Waals surface area contributed by atoms with Crippen LogP contribution >= 0.6 is 11.6 Å². The van der Waals surface area contributed by atoms with Crippen molar-refractivity contribution in [1.29, 1.82) is 0 Å². The summed E-state index contributed by atoms with van der Waals surface area (Å²) in [4.78, 5) is 4.20. The van der Waals surface area contributed by atoms with Crippen LogP contribution < -0.4 is 5.32 Å². The molecule has 0 bridgehead atoms. The number of rotatable bonds is 5. The van der Waals surface area contributed by atoms with Crippen molar-refractivity contribution in [3.05, 3.63) is 41.0 Å². The minimum atomic E-state index is -0.922. The molecular weight excluding hydrogens is 264 g/mol. The van der Waals surface area contributed by atoms with Gasteiger partial charge in [0.2, 0.25) is 0 Å². The van der Waals surface area contributed by atoms with Gasteiger partial charge in [-0.2, -0.15) is 0 Å². The average Bonchev–Trinajstić information content (AvgIpc) is 2.44. The third-order valence-electron chi connectivity index (χ3n) is 3.11. The molecule has 3 N–H and O–H groups in total. The van der Waals surface area contributed by atoms with E-state index < -0.39 is 12.2 Å². The van der Waals surface area contributed by atoms with Gasteiger partial charge in [-0.3, -0.25) is 4.98 Å². The summed E-state index contributed by atoms with van der Waals surface area (Å²) in [5.41, 5.74) is 1.42. The van der Waals surface area contributed by atoms with Crippen LogP contribution in [-0.4, -0.2) is 34.9 Å². The lowest BCUT2D eigenvalue weighted by molar-refractivity contribution is 0.0141. The molecule has 0 aliphatic carbocycles. The summed E-state index contributed by atoms with van der Waals surface area (Å²) in [6.07, 6.45) is 0.397. The quantitative estimate of drug-likeness (QED) is 0.783. The van der Waals surface area contributed by atoms with Crippen molar-refractivity contribution in [1.82, 2.24) is 10.3 Å². The van der Waals surface area contributed by atoms with E-state index in [0.29, 0.717) is 23.6 Å². The molecule has 5 heteroatoms. The fourth-order valence-electron chi connectivity index (χ4n) is 1.99. The molecule has 0 saturated carbocycles. The summed E-state index contributed by atoms with van der Waals surface area (Å²) < 4.78 is 0. The van der Waals surface area contributed by atoms with Gasteiger partial charge in [-0.1, -0.05) is 17.7 Å². The molecule has 2 aromatic rings. The van der Waals surface area contributed by atoms with Gasteiger partial charge in [0.05, 0.1) is 16.6 Å². The Balaban J connectivity index is 2.27. The van der Waals surface area contributed by atoms with Gasteiger partial charge in [0, 0.05) is 11.6 Å². The van der Waals surface area contributed by atoms with Crippen molar-refractivity contribution < 1.29 is 10.2 Å². The van der Waals surface area contributed by atoms with E-state index in [1.165, 1.54) is 0 Å². The Morgan fingerprint density at radius 2 is 2.11 bits per heavy atom. The molecule has 4 nitrogen and oxygen atoms in total. The molecule has 1 heterocycles. The van der Waals surface area contributed by atoms with Crippen LogP contribution in [-0.2, 0) is 0 Å². The molecule has 0 aliphatic heterocycles.